The smallest absolute Gasteiger partial charge is 0.191 e. The second-order valence-corrected chi connectivity index (χ2v) is 8.62. The number of ether oxygens (including phenoxy) is 1. The highest BCUT2D eigenvalue weighted by Gasteiger charge is 2.29. The van der Waals surface area contributed by atoms with Crippen LogP contribution in [-0.4, -0.2) is 52.0 Å². The van der Waals surface area contributed by atoms with Gasteiger partial charge in [0.25, 0.3) is 0 Å². The van der Waals surface area contributed by atoms with Crippen LogP contribution in [0.3, 0.4) is 0 Å². The van der Waals surface area contributed by atoms with Crippen LogP contribution in [0.15, 0.2) is 40.2 Å². The van der Waals surface area contributed by atoms with Crippen LogP contribution >= 0.6 is 0 Å². The van der Waals surface area contributed by atoms with Crippen LogP contribution in [-0.2, 0) is 14.6 Å². The summed E-state index contributed by atoms with van der Waals surface area (Å²) in [5.41, 5.74) is -0.182. The minimum Gasteiger partial charge on any atom is -0.373 e. The molecule has 25 heavy (non-hydrogen) atoms. The van der Waals surface area contributed by atoms with Crippen molar-refractivity contribution in [2.45, 2.75) is 43.6 Å². The zero-order valence-corrected chi connectivity index (χ0v) is 15.9. The van der Waals surface area contributed by atoms with E-state index in [-0.39, 0.29) is 11.4 Å². The summed E-state index contributed by atoms with van der Waals surface area (Å²) in [5.74, 6) is 0.820. The van der Waals surface area contributed by atoms with Crippen LogP contribution in [0.25, 0.3) is 0 Å². The first-order chi connectivity index (χ1) is 12.0. The molecule has 140 valence electrons. The molecule has 1 heterocycles. The van der Waals surface area contributed by atoms with Crippen molar-refractivity contribution in [1.82, 2.24) is 10.6 Å². The molecule has 1 aliphatic rings. The van der Waals surface area contributed by atoms with Crippen molar-refractivity contribution in [2.24, 2.45) is 4.99 Å². The van der Waals surface area contributed by atoms with Crippen LogP contribution in [0.4, 0.5) is 0 Å². The number of hydrogen-bond acceptors (Lipinski definition) is 4. The lowest BCUT2D eigenvalue weighted by Gasteiger charge is -2.21. The lowest BCUT2D eigenvalue weighted by molar-refractivity contribution is 0.0283. The average molecular weight is 368 g/mol. The third-order valence-corrected chi connectivity index (χ3v) is 6.02. The van der Waals surface area contributed by atoms with Crippen molar-refractivity contribution in [1.29, 1.82) is 0 Å². The Morgan fingerprint density at radius 3 is 2.68 bits per heavy atom. The van der Waals surface area contributed by atoms with Crippen LogP contribution in [0.1, 0.15) is 33.1 Å². The lowest BCUT2D eigenvalue weighted by Crippen LogP contribution is -2.40. The van der Waals surface area contributed by atoms with Crippen LogP contribution in [0.5, 0.6) is 0 Å². The summed E-state index contributed by atoms with van der Waals surface area (Å²) in [4.78, 5) is 4.96. The van der Waals surface area contributed by atoms with E-state index in [9.17, 15) is 8.42 Å². The molecule has 2 N–H and O–H groups in total. The molecule has 0 aliphatic carbocycles. The maximum absolute atomic E-state index is 12.3. The van der Waals surface area contributed by atoms with E-state index in [4.69, 9.17) is 4.74 Å². The van der Waals surface area contributed by atoms with E-state index in [0.29, 0.717) is 30.4 Å². The number of sulfone groups is 1. The van der Waals surface area contributed by atoms with Gasteiger partial charge in [-0.25, -0.2) is 8.42 Å². The second kappa shape index (κ2) is 9.20. The number of benzene rings is 1. The van der Waals surface area contributed by atoms with Gasteiger partial charge in [0.2, 0.25) is 0 Å². The van der Waals surface area contributed by atoms with E-state index >= 15 is 0 Å². The van der Waals surface area contributed by atoms with Gasteiger partial charge in [0.05, 0.1) is 22.8 Å². The van der Waals surface area contributed by atoms with Crippen molar-refractivity contribution < 1.29 is 13.2 Å². The van der Waals surface area contributed by atoms with Gasteiger partial charge in [0, 0.05) is 19.7 Å². The predicted octanol–water partition coefficient (Wildman–Crippen LogP) is 1.97. The minimum atomic E-state index is -3.23. The monoisotopic (exact) mass is 367 g/mol. The van der Waals surface area contributed by atoms with Crippen LogP contribution < -0.4 is 10.6 Å². The van der Waals surface area contributed by atoms with Gasteiger partial charge in [-0.1, -0.05) is 18.2 Å². The Labute approximate surface area is 151 Å². The molecular weight excluding hydrogens is 338 g/mol. The van der Waals surface area contributed by atoms with Crippen molar-refractivity contribution in [3.05, 3.63) is 30.3 Å². The third kappa shape index (κ3) is 6.32. The van der Waals surface area contributed by atoms with Crippen molar-refractivity contribution in [2.75, 3.05) is 32.0 Å². The molecule has 0 aromatic heterocycles. The first kappa shape index (κ1) is 19.7. The summed E-state index contributed by atoms with van der Waals surface area (Å²) in [6, 6.07) is 8.57. The van der Waals surface area contributed by atoms with Gasteiger partial charge >= 0.3 is 0 Å². The zero-order chi connectivity index (χ0) is 18.2. The molecule has 1 unspecified atom stereocenters. The lowest BCUT2D eigenvalue weighted by atomic mass is 10.0. The van der Waals surface area contributed by atoms with Gasteiger partial charge in [0.1, 0.15) is 0 Å². The van der Waals surface area contributed by atoms with Crippen molar-refractivity contribution in [3.8, 4) is 0 Å². The van der Waals surface area contributed by atoms with E-state index in [1.807, 2.05) is 13.0 Å². The van der Waals surface area contributed by atoms with Gasteiger partial charge in [-0.05, 0) is 45.2 Å². The van der Waals surface area contributed by atoms with Gasteiger partial charge < -0.3 is 15.4 Å². The van der Waals surface area contributed by atoms with Crippen LogP contribution in [0.2, 0.25) is 0 Å². The van der Waals surface area contributed by atoms with Crippen molar-refractivity contribution in [3.63, 3.8) is 0 Å². The number of aliphatic imine (C=N–C) groups is 1. The molecule has 0 saturated carbocycles. The fourth-order valence-electron chi connectivity index (χ4n) is 2.76. The Morgan fingerprint density at radius 1 is 1.28 bits per heavy atom. The summed E-state index contributed by atoms with van der Waals surface area (Å²) in [6.45, 7) is 6.80. The van der Waals surface area contributed by atoms with Gasteiger partial charge in [-0.2, -0.15) is 0 Å². The largest absolute Gasteiger partial charge is 0.373 e. The number of nitrogens with zero attached hydrogens (tertiary/aromatic N) is 1. The Balaban J connectivity index is 1.81. The maximum atomic E-state index is 12.3. The zero-order valence-electron chi connectivity index (χ0n) is 15.1. The van der Waals surface area contributed by atoms with E-state index in [1.54, 1.807) is 24.3 Å². The van der Waals surface area contributed by atoms with Crippen molar-refractivity contribution >= 4 is 15.8 Å². The molecule has 0 radical (unpaired) electrons. The molecule has 1 fully saturated rings. The molecule has 6 nitrogen and oxygen atoms in total. The standard InChI is InChI=1S/C18H29N3O3S/c1-3-19-17(21-15-18(2)11-7-13-24-18)20-12-8-14-25(22,23)16-9-5-4-6-10-16/h4-6,9-10H,3,7-8,11-15H2,1-2H3,(H2,19,20,21). The first-order valence-corrected chi connectivity index (χ1v) is 10.5. The average Bonchev–Trinajstić information content (AvgIpc) is 3.04. The van der Waals surface area contributed by atoms with E-state index < -0.39 is 9.84 Å². The Bertz CT molecular complexity index is 653. The fourth-order valence-corrected chi connectivity index (χ4v) is 4.10. The number of rotatable bonds is 8. The molecule has 1 saturated heterocycles. The molecule has 1 aliphatic heterocycles. The van der Waals surface area contributed by atoms with Gasteiger partial charge in [-0.15, -0.1) is 0 Å². The molecule has 1 aromatic rings. The molecule has 0 spiro atoms. The maximum Gasteiger partial charge on any atom is 0.191 e. The highest BCUT2D eigenvalue weighted by Crippen LogP contribution is 2.24. The Morgan fingerprint density at radius 2 is 2.04 bits per heavy atom. The Hall–Kier alpha value is -1.60. The number of hydrogen-bond donors (Lipinski definition) is 2. The topological polar surface area (TPSA) is 79.8 Å². The van der Waals surface area contributed by atoms with Gasteiger partial charge in [-0.3, -0.25) is 4.99 Å². The highest BCUT2D eigenvalue weighted by molar-refractivity contribution is 7.91. The summed E-state index contributed by atoms with van der Waals surface area (Å²) < 4.78 is 30.3. The molecule has 1 atom stereocenters. The Kier molecular flexibility index (Phi) is 7.25. The van der Waals surface area contributed by atoms with E-state index in [0.717, 1.165) is 26.0 Å². The molecule has 1 aromatic carbocycles. The summed E-state index contributed by atoms with van der Waals surface area (Å²) in [6.07, 6.45) is 2.62. The highest BCUT2D eigenvalue weighted by atomic mass is 32.2. The quantitative estimate of drug-likeness (QED) is 0.417. The molecule has 7 heteroatoms. The normalized spacial score (nSPS) is 21.3. The molecule has 2 rings (SSSR count). The summed E-state index contributed by atoms with van der Waals surface area (Å²) in [5, 5.41) is 6.39. The number of nitrogens with one attached hydrogen (secondary N) is 2. The van der Waals surface area contributed by atoms with E-state index in [1.165, 1.54) is 0 Å². The summed E-state index contributed by atoms with van der Waals surface area (Å²) >= 11 is 0. The van der Waals surface area contributed by atoms with Crippen LogP contribution in [0, 0.1) is 0 Å². The second-order valence-electron chi connectivity index (χ2n) is 6.51. The van der Waals surface area contributed by atoms with E-state index in [2.05, 4.69) is 22.5 Å². The number of guanidine groups is 1. The fraction of sp³-hybridized carbons (Fsp3) is 0.611. The SMILES string of the molecule is CCNC(=NCC1(C)CCCO1)NCCCS(=O)(=O)c1ccccc1. The predicted molar refractivity (Wildman–Crippen MR) is 101 cm³/mol. The molecular formula is C18H29N3O3S. The molecule has 0 amide bonds. The molecule has 0 bridgehead atoms. The summed E-state index contributed by atoms with van der Waals surface area (Å²) in [7, 11) is -3.23. The van der Waals surface area contributed by atoms with Gasteiger partial charge in [0.15, 0.2) is 15.8 Å². The minimum absolute atomic E-state index is 0.115. The first-order valence-electron chi connectivity index (χ1n) is 8.89. The third-order valence-electron chi connectivity index (χ3n) is 4.20.